The third kappa shape index (κ3) is 3.15. The van der Waals surface area contributed by atoms with E-state index < -0.39 is 0 Å². The molecule has 1 N–H and O–H groups in total. The van der Waals surface area contributed by atoms with Crippen molar-refractivity contribution in [3.8, 4) is 0 Å². The van der Waals surface area contributed by atoms with Gasteiger partial charge in [-0.1, -0.05) is 31.4 Å². The lowest BCUT2D eigenvalue weighted by molar-refractivity contribution is 1.37. The van der Waals surface area contributed by atoms with Crippen molar-refractivity contribution in [1.82, 2.24) is 0 Å². The summed E-state index contributed by atoms with van der Waals surface area (Å²) in [6.07, 6.45) is 7.05. The Bertz CT molecular complexity index is 254. The topological polar surface area (TPSA) is 23.9 Å². The molecular formula is C11H15N. The summed E-state index contributed by atoms with van der Waals surface area (Å²) in [5.74, 6) is 0. The molecule has 0 unspecified atom stereocenters. The molecule has 0 heterocycles. The molecule has 0 bridgehead atoms. The van der Waals surface area contributed by atoms with Crippen LogP contribution in [-0.2, 0) is 0 Å². The van der Waals surface area contributed by atoms with Gasteiger partial charge in [0, 0.05) is 0 Å². The molecule has 12 heavy (non-hydrogen) atoms. The van der Waals surface area contributed by atoms with E-state index in [9.17, 15) is 0 Å². The molecule has 1 heteroatoms. The van der Waals surface area contributed by atoms with E-state index in [1.807, 2.05) is 26.0 Å². The Hall–Kier alpha value is -1.37. The lowest BCUT2D eigenvalue weighted by Gasteiger charge is -2.00. The Morgan fingerprint density at radius 2 is 1.83 bits per heavy atom. The van der Waals surface area contributed by atoms with Gasteiger partial charge in [0.1, 0.15) is 0 Å². The summed E-state index contributed by atoms with van der Waals surface area (Å²) in [6.45, 7) is 11.0. The molecular weight excluding hydrogens is 146 g/mol. The van der Waals surface area contributed by atoms with Gasteiger partial charge in [0.15, 0.2) is 0 Å². The Balaban J connectivity index is 4.67. The highest BCUT2D eigenvalue weighted by atomic mass is 14.4. The van der Waals surface area contributed by atoms with E-state index in [0.29, 0.717) is 5.71 Å². The highest BCUT2D eigenvalue weighted by Gasteiger charge is 1.96. The number of rotatable bonds is 4. The number of hydrogen-bond acceptors (Lipinski definition) is 1. The summed E-state index contributed by atoms with van der Waals surface area (Å²) in [6, 6.07) is 0. The quantitative estimate of drug-likeness (QED) is 0.483. The van der Waals surface area contributed by atoms with Gasteiger partial charge in [-0.3, -0.25) is 0 Å². The lowest BCUT2D eigenvalue weighted by atomic mass is 10.1. The van der Waals surface area contributed by atoms with Gasteiger partial charge in [-0.2, -0.15) is 0 Å². The maximum atomic E-state index is 7.47. The van der Waals surface area contributed by atoms with E-state index in [2.05, 4.69) is 13.2 Å². The van der Waals surface area contributed by atoms with E-state index in [1.165, 1.54) is 0 Å². The third-order valence-corrected chi connectivity index (χ3v) is 1.68. The fourth-order valence-electron chi connectivity index (χ4n) is 0.703. The Labute approximate surface area is 74.3 Å². The Morgan fingerprint density at radius 3 is 2.25 bits per heavy atom. The van der Waals surface area contributed by atoms with Crippen molar-refractivity contribution in [2.45, 2.75) is 13.8 Å². The molecule has 0 radical (unpaired) electrons. The Morgan fingerprint density at radius 1 is 1.25 bits per heavy atom. The van der Waals surface area contributed by atoms with Crippen LogP contribution in [0.1, 0.15) is 13.8 Å². The van der Waals surface area contributed by atoms with Crippen LogP contribution in [0.4, 0.5) is 0 Å². The molecule has 64 valence electrons. The van der Waals surface area contributed by atoms with Crippen LogP contribution in [0, 0.1) is 5.41 Å². The second kappa shape index (κ2) is 5.30. The monoisotopic (exact) mass is 161 g/mol. The van der Waals surface area contributed by atoms with Crippen LogP contribution in [0.15, 0.2) is 48.6 Å². The van der Waals surface area contributed by atoms with Gasteiger partial charge in [-0.05, 0) is 31.1 Å². The second-order valence-electron chi connectivity index (χ2n) is 2.52. The van der Waals surface area contributed by atoms with Crippen LogP contribution in [0.5, 0.6) is 0 Å². The predicted molar refractivity (Wildman–Crippen MR) is 55.6 cm³/mol. The minimum atomic E-state index is 0.473. The van der Waals surface area contributed by atoms with Gasteiger partial charge in [-0.25, -0.2) is 0 Å². The number of allylic oxidation sites excluding steroid dienone is 6. The van der Waals surface area contributed by atoms with E-state index in [1.54, 1.807) is 12.2 Å². The van der Waals surface area contributed by atoms with Crippen LogP contribution in [0.3, 0.4) is 0 Å². The van der Waals surface area contributed by atoms with Crippen LogP contribution >= 0.6 is 0 Å². The zero-order valence-corrected chi connectivity index (χ0v) is 7.72. The molecule has 0 aromatic rings. The zero-order chi connectivity index (χ0) is 9.56. The molecule has 0 aromatic carbocycles. The molecule has 0 fully saturated rings. The van der Waals surface area contributed by atoms with Crippen molar-refractivity contribution >= 4 is 5.71 Å². The number of hydrogen-bond donors (Lipinski definition) is 1. The molecule has 0 aliphatic carbocycles. The van der Waals surface area contributed by atoms with Crippen LogP contribution in [0.2, 0.25) is 0 Å². The van der Waals surface area contributed by atoms with Crippen molar-refractivity contribution in [3.05, 3.63) is 48.6 Å². The van der Waals surface area contributed by atoms with E-state index in [4.69, 9.17) is 5.41 Å². The van der Waals surface area contributed by atoms with Crippen molar-refractivity contribution in [1.29, 1.82) is 5.41 Å². The average Bonchev–Trinajstić information content (AvgIpc) is 2.11. The maximum Gasteiger partial charge on any atom is 0.0565 e. The summed E-state index contributed by atoms with van der Waals surface area (Å²) in [7, 11) is 0. The van der Waals surface area contributed by atoms with Crippen LogP contribution in [0.25, 0.3) is 0 Å². The van der Waals surface area contributed by atoms with Gasteiger partial charge < -0.3 is 5.41 Å². The fourth-order valence-corrected chi connectivity index (χ4v) is 0.703. The molecule has 0 aliphatic heterocycles. The second-order valence-corrected chi connectivity index (χ2v) is 2.52. The van der Waals surface area contributed by atoms with Crippen molar-refractivity contribution < 1.29 is 0 Å². The smallest absolute Gasteiger partial charge is 0.0565 e. The highest BCUT2D eigenvalue weighted by Crippen LogP contribution is 2.06. The third-order valence-electron chi connectivity index (χ3n) is 1.68. The molecule has 0 atom stereocenters. The Kier molecular flexibility index (Phi) is 4.70. The maximum absolute atomic E-state index is 7.47. The standard InChI is InChI=1S/C11H15N/c1-5-7-8-9(3)10(4)11(12)6-2/h5-8,12H,1-2H2,3-4H3/b8-7-,10-9+,12-11?. The van der Waals surface area contributed by atoms with E-state index in [-0.39, 0.29) is 0 Å². The molecule has 0 saturated carbocycles. The van der Waals surface area contributed by atoms with Gasteiger partial charge in [0.25, 0.3) is 0 Å². The molecule has 0 saturated heterocycles. The predicted octanol–water partition coefficient (Wildman–Crippen LogP) is 3.27. The minimum absolute atomic E-state index is 0.473. The molecule has 0 amide bonds. The summed E-state index contributed by atoms with van der Waals surface area (Å²) >= 11 is 0. The van der Waals surface area contributed by atoms with Crippen molar-refractivity contribution in [2.75, 3.05) is 0 Å². The molecule has 0 rings (SSSR count). The van der Waals surface area contributed by atoms with Crippen LogP contribution < -0.4 is 0 Å². The molecule has 1 nitrogen and oxygen atoms in total. The van der Waals surface area contributed by atoms with Gasteiger partial charge in [-0.15, -0.1) is 0 Å². The normalized spacial score (nSPS) is 12.5. The number of nitrogens with one attached hydrogen (secondary N) is 1. The highest BCUT2D eigenvalue weighted by molar-refractivity contribution is 6.06. The summed E-state index contributed by atoms with van der Waals surface area (Å²) in [5, 5.41) is 7.47. The molecule has 0 spiro atoms. The average molecular weight is 161 g/mol. The van der Waals surface area contributed by atoms with E-state index >= 15 is 0 Å². The molecule has 0 aromatic heterocycles. The van der Waals surface area contributed by atoms with Crippen molar-refractivity contribution in [2.24, 2.45) is 0 Å². The first kappa shape index (κ1) is 10.6. The lowest BCUT2D eigenvalue weighted by Crippen LogP contribution is -1.94. The van der Waals surface area contributed by atoms with E-state index in [0.717, 1.165) is 11.1 Å². The SMILES string of the molecule is C=C/C=C\C(C)=C(/C)C(=N)C=C. The molecule has 0 aliphatic rings. The first-order valence-corrected chi connectivity index (χ1v) is 3.81. The van der Waals surface area contributed by atoms with Crippen molar-refractivity contribution in [3.63, 3.8) is 0 Å². The van der Waals surface area contributed by atoms with Gasteiger partial charge >= 0.3 is 0 Å². The summed E-state index contributed by atoms with van der Waals surface area (Å²) in [5.41, 5.74) is 2.49. The van der Waals surface area contributed by atoms with Gasteiger partial charge in [0.2, 0.25) is 0 Å². The minimum Gasteiger partial charge on any atom is -0.301 e. The zero-order valence-electron chi connectivity index (χ0n) is 7.72. The first-order chi connectivity index (χ1) is 5.63. The van der Waals surface area contributed by atoms with Gasteiger partial charge in [0.05, 0.1) is 5.71 Å². The summed E-state index contributed by atoms with van der Waals surface area (Å²) in [4.78, 5) is 0. The first-order valence-electron chi connectivity index (χ1n) is 3.81. The fraction of sp³-hybridized carbons (Fsp3) is 0.182. The largest absolute Gasteiger partial charge is 0.301 e. The van der Waals surface area contributed by atoms with Crippen LogP contribution in [-0.4, -0.2) is 5.71 Å². The summed E-state index contributed by atoms with van der Waals surface area (Å²) < 4.78 is 0.